The summed E-state index contributed by atoms with van der Waals surface area (Å²) in [5.74, 6) is -0.471. The van der Waals surface area contributed by atoms with Crippen LogP contribution in [0.5, 0.6) is 0 Å². The Morgan fingerprint density at radius 1 is 1.25 bits per heavy atom. The zero-order valence-electron chi connectivity index (χ0n) is 10.8. The lowest BCUT2D eigenvalue weighted by Gasteiger charge is -2.25. The van der Waals surface area contributed by atoms with Crippen LogP contribution < -0.4 is 0 Å². The van der Waals surface area contributed by atoms with Crippen LogP contribution in [0, 0.1) is 5.82 Å². The number of hydrogen-bond donors (Lipinski definition) is 2. The normalized spacial score (nSPS) is 13.8. The van der Waals surface area contributed by atoms with Gasteiger partial charge in [0.25, 0.3) is 0 Å². The molecule has 0 unspecified atom stereocenters. The van der Waals surface area contributed by atoms with Crippen molar-refractivity contribution in [3.63, 3.8) is 0 Å². The minimum atomic E-state index is -4.30. The summed E-state index contributed by atoms with van der Waals surface area (Å²) >= 11 is 0. The van der Waals surface area contributed by atoms with Gasteiger partial charge in [-0.05, 0) is 17.7 Å². The van der Waals surface area contributed by atoms with Crippen LogP contribution in [0.25, 0.3) is 0 Å². The van der Waals surface area contributed by atoms with Crippen LogP contribution >= 0.6 is 0 Å². The summed E-state index contributed by atoms with van der Waals surface area (Å²) in [5.41, 5.74) is 0.511. The zero-order valence-corrected chi connectivity index (χ0v) is 10.8. The molecule has 7 heteroatoms. The quantitative estimate of drug-likeness (QED) is 0.756. The average molecular weight is 295 g/mol. The van der Waals surface area contributed by atoms with E-state index in [-0.39, 0.29) is 19.6 Å². The predicted molar refractivity (Wildman–Crippen MR) is 65.4 cm³/mol. The van der Waals surface area contributed by atoms with Gasteiger partial charge in [0.2, 0.25) is 0 Å². The van der Waals surface area contributed by atoms with E-state index in [2.05, 4.69) is 0 Å². The highest BCUT2D eigenvalue weighted by Crippen LogP contribution is 2.20. The second kappa shape index (κ2) is 7.56. The van der Waals surface area contributed by atoms with Gasteiger partial charge in [0.1, 0.15) is 5.82 Å². The van der Waals surface area contributed by atoms with Gasteiger partial charge in [-0.1, -0.05) is 12.1 Å². The maximum atomic E-state index is 13.0. The number of nitrogens with zero attached hydrogens (tertiary/aromatic N) is 1. The molecule has 0 aromatic heterocycles. The van der Waals surface area contributed by atoms with Gasteiger partial charge in [-0.25, -0.2) is 4.39 Å². The predicted octanol–water partition coefficient (Wildman–Crippen LogP) is 1.93. The van der Waals surface area contributed by atoms with E-state index in [9.17, 15) is 22.7 Å². The first-order valence-electron chi connectivity index (χ1n) is 6.12. The van der Waals surface area contributed by atoms with Gasteiger partial charge in [0.15, 0.2) is 0 Å². The molecule has 2 N–H and O–H groups in total. The molecule has 0 spiro atoms. The molecule has 0 radical (unpaired) electrons. The summed E-state index contributed by atoms with van der Waals surface area (Å²) in [6, 6.07) is 5.53. The second-order valence-electron chi connectivity index (χ2n) is 4.57. The minimum Gasteiger partial charge on any atom is -0.394 e. The Kier molecular flexibility index (Phi) is 6.38. The molecule has 0 fully saturated rings. The van der Waals surface area contributed by atoms with Crippen LogP contribution in [0.4, 0.5) is 17.6 Å². The Labute approximate surface area is 114 Å². The highest BCUT2D eigenvalue weighted by atomic mass is 19.4. The Balaban J connectivity index is 2.66. The third kappa shape index (κ3) is 6.83. The van der Waals surface area contributed by atoms with Crippen molar-refractivity contribution in [2.75, 3.05) is 19.7 Å². The average Bonchev–Trinajstić information content (AvgIpc) is 2.35. The van der Waals surface area contributed by atoms with Crippen LogP contribution in [-0.4, -0.2) is 47.1 Å². The maximum absolute atomic E-state index is 13.0. The van der Waals surface area contributed by atoms with Crippen molar-refractivity contribution in [2.24, 2.45) is 0 Å². The van der Waals surface area contributed by atoms with Gasteiger partial charge >= 0.3 is 6.18 Å². The molecule has 0 aliphatic heterocycles. The van der Waals surface area contributed by atoms with E-state index in [0.717, 1.165) is 0 Å². The molecule has 0 saturated heterocycles. The van der Waals surface area contributed by atoms with E-state index in [1.807, 2.05) is 0 Å². The van der Waals surface area contributed by atoms with Gasteiger partial charge in [0, 0.05) is 19.6 Å². The number of alkyl halides is 3. The van der Waals surface area contributed by atoms with E-state index in [4.69, 9.17) is 5.11 Å². The number of aliphatic hydroxyl groups excluding tert-OH is 2. The topological polar surface area (TPSA) is 43.7 Å². The number of benzene rings is 1. The lowest BCUT2D eigenvalue weighted by atomic mass is 10.2. The fourth-order valence-electron chi connectivity index (χ4n) is 1.77. The molecule has 0 bridgehead atoms. The Morgan fingerprint density at radius 3 is 2.50 bits per heavy atom. The van der Waals surface area contributed by atoms with Crippen LogP contribution in [0.3, 0.4) is 0 Å². The molecular formula is C13H17F4NO2. The van der Waals surface area contributed by atoms with E-state index in [0.29, 0.717) is 5.56 Å². The van der Waals surface area contributed by atoms with E-state index >= 15 is 0 Å². The zero-order chi connectivity index (χ0) is 15.2. The van der Waals surface area contributed by atoms with Gasteiger partial charge in [0.05, 0.1) is 19.1 Å². The third-order valence-electron chi connectivity index (χ3n) is 2.69. The van der Waals surface area contributed by atoms with Gasteiger partial charge in [-0.2, -0.15) is 13.2 Å². The molecule has 0 heterocycles. The van der Waals surface area contributed by atoms with Crippen molar-refractivity contribution >= 4 is 0 Å². The number of aliphatic hydroxyl groups is 2. The molecular weight excluding hydrogens is 278 g/mol. The van der Waals surface area contributed by atoms with Crippen LogP contribution in [-0.2, 0) is 6.54 Å². The summed E-state index contributed by atoms with van der Waals surface area (Å²) in [7, 11) is 0. The summed E-state index contributed by atoms with van der Waals surface area (Å²) < 4.78 is 49.8. The first-order valence-corrected chi connectivity index (χ1v) is 6.12. The number of rotatable bonds is 7. The van der Waals surface area contributed by atoms with Crippen molar-refractivity contribution in [2.45, 2.75) is 25.2 Å². The molecule has 1 rings (SSSR count). The van der Waals surface area contributed by atoms with Crippen molar-refractivity contribution in [1.29, 1.82) is 0 Å². The van der Waals surface area contributed by atoms with Crippen LogP contribution in [0.2, 0.25) is 0 Å². The summed E-state index contributed by atoms with van der Waals surface area (Å²) in [5, 5.41) is 18.1. The smallest absolute Gasteiger partial charge is 0.390 e. The van der Waals surface area contributed by atoms with E-state index in [1.165, 1.54) is 23.1 Å². The van der Waals surface area contributed by atoms with E-state index < -0.39 is 31.1 Å². The number of hydrogen-bond acceptors (Lipinski definition) is 3. The van der Waals surface area contributed by atoms with E-state index in [1.54, 1.807) is 6.07 Å². The Morgan fingerprint density at radius 2 is 1.95 bits per heavy atom. The van der Waals surface area contributed by atoms with Crippen molar-refractivity contribution in [1.82, 2.24) is 4.90 Å². The maximum Gasteiger partial charge on any atom is 0.390 e. The van der Waals surface area contributed by atoms with Crippen molar-refractivity contribution in [3.05, 3.63) is 35.6 Å². The summed E-state index contributed by atoms with van der Waals surface area (Å²) in [6.07, 6.45) is -6.46. The SMILES string of the molecule is OC[C@@H](O)CN(CCC(F)(F)F)Cc1cccc(F)c1. The molecule has 1 aromatic rings. The molecule has 0 saturated carbocycles. The minimum absolute atomic E-state index is 0.0743. The molecule has 0 aliphatic rings. The summed E-state index contributed by atoms with van der Waals surface area (Å²) in [6.45, 7) is -0.892. The van der Waals surface area contributed by atoms with Gasteiger partial charge in [-0.3, -0.25) is 4.90 Å². The largest absolute Gasteiger partial charge is 0.394 e. The Bertz CT molecular complexity index is 412. The lowest BCUT2D eigenvalue weighted by molar-refractivity contribution is -0.139. The van der Waals surface area contributed by atoms with Crippen molar-refractivity contribution < 1.29 is 27.8 Å². The van der Waals surface area contributed by atoms with Crippen LogP contribution in [0.1, 0.15) is 12.0 Å². The molecule has 20 heavy (non-hydrogen) atoms. The highest BCUT2D eigenvalue weighted by Gasteiger charge is 2.28. The highest BCUT2D eigenvalue weighted by molar-refractivity contribution is 5.16. The monoisotopic (exact) mass is 295 g/mol. The van der Waals surface area contributed by atoms with Crippen LogP contribution in [0.15, 0.2) is 24.3 Å². The molecule has 114 valence electrons. The standard InChI is InChI=1S/C13H17F4NO2/c14-11-3-1-2-10(6-11)7-18(8-12(20)9-19)5-4-13(15,16)17/h1-3,6,12,19-20H,4-5,7-9H2/t12-/m0/s1. The first kappa shape index (κ1) is 16.9. The fourth-order valence-corrected chi connectivity index (χ4v) is 1.77. The first-order chi connectivity index (χ1) is 9.30. The second-order valence-corrected chi connectivity index (χ2v) is 4.57. The molecule has 0 amide bonds. The molecule has 1 aromatic carbocycles. The summed E-state index contributed by atoms with van der Waals surface area (Å²) in [4.78, 5) is 1.34. The lowest BCUT2D eigenvalue weighted by Crippen LogP contribution is -2.36. The molecule has 3 nitrogen and oxygen atoms in total. The van der Waals surface area contributed by atoms with Gasteiger partial charge < -0.3 is 10.2 Å². The molecule has 0 aliphatic carbocycles. The van der Waals surface area contributed by atoms with Crippen molar-refractivity contribution in [3.8, 4) is 0 Å². The fraction of sp³-hybridized carbons (Fsp3) is 0.538. The van der Waals surface area contributed by atoms with Gasteiger partial charge in [-0.15, -0.1) is 0 Å². The third-order valence-corrected chi connectivity index (χ3v) is 2.69. The Hall–Kier alpha value is -1.18. The molecule has 1 atom stereocenters. The number of halogens is 4.